The van der Waals surface area contributed by atoms with Gasteiger partial charge >= 0.3 is 0 Å². The van der Waals surface area contributed by atoms with Crippen LogP contribution in [0.1, 0.15) is 12.0 Å². The zero-order chi connectivity index (χ0) is 14.5. The van der Waals surface area contributed by atoms with Gasteiger partial charge in [0.25, 0.3) is 0 Å². The number of fused-ring (bicyclic) bond motifs is 5. The first kappa shape index (κ1) is 12.4. The molecule has 1 N–H and O–H groups in total. The van der Waals surface area contributed by atoms with Crippen molar-refractivity contribution in [1.82, 2.24) is 5.32 Å². The van der Waals surface area contributed by atoms with Crippen LogP contribution in [0.15, 0.2) is 53.0 Å². The maximum Gasteiger partial charge on any atom is 0.135 e. The van der Waals surface area contributed by atoms with Crippen LogP contribution in [-0.4, -0.2) is 25.3 Å². The van der Waals surface area contributed by atoms with E-state index in [9.17, 15) is 0 Å². The Morgan fingerprint density at radius 2 is 1.86 bits per heavy atom. The molecule has 2 aliphatic heterocycles. The topological polar surface area (TPSA) is 34.4 Å². The predicted octanol–water partition coefficient (Wildman–Crippen LogP) is 3.73. The number of ether oxygens (including phenoxy) is 1. The first-order valence-electron chi connectivity index (χ1n) is 7.83. The van der Waals surface area contributed by atoms with Crippen molar-refractivity contribution in [3.05, 3.63) is 54.1 Å². The van der Waals surface area contributed by atoms with Crippen molar-refractivity contribution in [3.63, 3.8) is 0 Å². The third-order valence-electron chi connectivity index (χ3n) is 4.68. The summed E-state index contributed by atoms with van der Waals surface area (Å²) in [5, 5.41) is 5.99. The van der Waals surface area contributed by atoms with Gasteiger partial charge in [-0.25, -0.2) is 0 Å². The summed E-state index contributed by atoms with van der Waals surface area (Å²) >= 11 is 0. The summed E-state index contributed by atoms with van der Waals surface area (Å²) in [6, 6.07) is 15.6. The third-order valence-corrected chi connectivity index (χ3v) is 4.68. The fourth-order valence-electron chi connectivity index (χ4n) is 3.67. The number of hydrogen-bond acceptors (Lipinski definition) is 3. The number of rotatable bonds is 1. The number of hydrogen-bond donors (Lipinski definition) is 1. The van der Waals surface area contributed by atoms with Gasteiger partial charge in [0.05, 0.1) is 13.2 Å². The Bertz CT molecular complexity index is 893. The fourth-order valence-corrected chi connectivity index (χ4v) is 3.67. The highest BCUT2D eigenvalue weighted by molar-refractivity contribution is 6.05. The van der Waals surface area contributed by atoms with E-state index in [0.717, 1.165) is 30.8 Å². The van der Waals surface area contributed by atoms with Crippen LogP contribution in [0.4, 0.5) is 0 Å². The van der Waals surface area contributed by atoms with E-state index in [4.69, 9.17) is 9.15 Å². The van der Waals surface area contributed by atoms with Crippen LogP contribution in [0.5, 0.6) is 0 Å². The van der Waals surface area contributed by atoms with Crippen LogP contribution in [0.25, 0.3) is 27.5 Å². The first-order chi connectivity index (χ1) is 10.9. The highest BCUT2D eigenvalue weighted by Gasteiger charge is 2.26. The molecule has 3 aromatic rings. The van der Waals surface area contributed by atoms with E-state index in [-0.39, 0.29) is 0 Å². The minimum Gasteiger partial charge on any atom is -0.456 e. The van der Waals surface area contributed by atoms with E-state index in [0.29, 0.717) is 12.1 Å². The van der Waals surface area contributed by atoms with E-state index in [1.807, 2.05) is 12.1 Å². The van der Waals surface area contributed by atoms with E-state index < -0.39 is 0 Å². The molecule has 3 heterocycles. The zero-order valence-electron chi connectivity index (χ0n) is 12.2. The molecular weight excluding hydrogens is 274 g/mol. The van der Waals surface area contributed by atoms with Crippen molar-refractivity contribution in [2.75, 3.05) is 13.2 Å². The Morgan fingerprint density at radius 1 is 0.955 bits per heavy atom. The molecule has 2 unspecified atom stereocenters. The highest BCUT2D eigenvalue weighted by atomic mass is 16.5. The summed E-state index contributed by atoms with van der Waals surface area (Å²) in [4.78, 5) is 0. The standard InChI is InChI=1S/C19H17NO2/c1-2-4-18-16(3-1)17-9-12(5-6-19(17)22-18)13-7-14-10-21-11-15(8-13)20-14/h1-7,9,14-15,20H,8,10-11H2. The predicted molar refractivity (Wildman–Crippen MR) is 87.8 cm³/mol. The maximum absolute atomic E-state index is 5.92. The SMILES string of the molecule is C1=C(c2ccc3oc4ccccc4c3c2)CC2COCC1N2. The molecule has 2 atom stereocenters. The molecular formula is C19H17NO2. The van der Waals surface area contributed by atoms with Crippen molar-refractivity contribution >= 4 is 27.5 Å². The molecule has 0 aliphatic carbocycles. The fraction of sp³-hybridized carbons (Fsp3) is 0.263. The molecule has 0 saturated carbocycles. The third kappa shape index (κ3) is 1.90. The Balaban J connectivity index is 1.65. The molecule has 1 saturated heterocycles. The lowest BCUT2D eigenvalue weighted by Crippen LogP contribution is -2.50. The summed E-state index contributed by atoms with van der Waals surface area (Å²) in [6.07, 6.45) is 3.34. The Morgan fingerprint density at radius 3 is 2.82 bits per heavy atom. The summed E-state index contributed by atoms with van der Waals surface area (Å²) < 4.78 is 11.5. The molecule has 2 aliphatic rings. The largest absolute Gasteiger partial charge is 0.456 e. The van der Waals surface area contributed by atoms with Crippen molar-refractivity contribution in [1.29, 1.82) is 0 Å². The molecule has 0 amide bonds. The lowest BCUT2D eigenvalue weighted by molar-refractivity contribution is 0.0561. The van der Waals surface area contributed by atoms with Crippen LogP contribution in [0.3, 0.4) is 0 Å². The quantitative estimate of drug-likeness (QED) is 0.742. The van der Waals surface area contributed by atoms with E-state index in [2.05, 4.69) is 41.7 Å². The van der Waals surface area contributed by atoms with Gasteiger partial charge in [0.1, 0.15) is 11.2 Å². The Kier molecular flexibility index (Phi) is 2.66. The van der Waals surface area contributed by atoms with Gasteiger partial charge in [-0.15, -0.1) is 0 Å². The second-order valence-corrected chi connectivity index (χ2v) is 6.21. The van der Waals surface area contributed by atoms with Crippen LogP contribution < -0.4 is 5.32 Å². The van der Waals surface area contributed by atoms with Crippen molar-refractivity contribution < 1.29 is 9.15 Å². The smallest absolute Gasteiger partial charge is 0.135 e. The number of benzene rings is 2. The molecule has 3 heteroatoms. The van der Waals surface area contributed by atoms with Crippen LogP contribution in [-0.2, 0) is 4.74 Å². The van der Waals surface area contributed by atoms with Gasteiger partial charge in [-0.3, -0.25) is 0 Å². The summed E-state index contributed by atoms with van der Waals surface area (Å²) in [7, 11) is 0. The van der Waals surface area contributed by atoms with Crippen LogP contribution >= 0.6 is 0 Å². The maximum atomic E-state index is 5.92. The van der Waals surface area contributed by atoms with Crippen LogP contribution in [0, 0.1) is 0 Å². The van der Waals surface area contributed by atoms with Crippen molar-refractivity contribution in [3.8, 4) is 0 Å². The number of furan rings is 1. The lowest BCUT2D eigenvalue weighted by Gasteiger charge is -2.35. The van der Waals surface area contributed by atoms with Gasteiger partial charge in [0, 0.05) is 22.9 Å². The molecule has 0 spiro atoms. The molecule has 2 bridgehead atoms. The normalized spacial score (nSPS) is 24.6. The van der Waals surface area contributed by atoms with Gasteiger partial charge in [-0.2, -0.15) is 0 Å². The minimum absolute atomic E-state index is 0.347. The molecule has 1 fully saturated rings. The van der Waals surface area contributed by atoms with E-state index in [1.54, 1.807) is 0 Å². The molecule has 3 nitrogen and oxygen atoms in total. The highest BCUT2D eigenvalue weighted by Crippen LogP contribution is 2.33. The molecule has 0 radical (unpaired) electrons. The molecule has 110 valence electrons. The average Bonchev–Trinajstić information content (AvgIpc) is 2.92. The number of nitrogens with one attached hydrogen (secondary N) is 1. The summed E-state index contributed by atoms with van der Waals surface area (Å²) in [5.41, 5.74) is 4.64. The van der Waals surface area contributed by atoms with Crippen molar-refractivity contribution in [2.45, 2.75) is 18.5 Å². The lowest BCUT2D eigenvalue weighted by atomic mass is 9.91. The number of morpholine rings is 1. The van der Waals surface area contributed by atoms with Crippen molar-refractivity contribution in [2.24, 2.45) is 0 Å². The van der Waals surface area contributed by atoms with Gasteiger partial charge in [0.2, 0.25) is 0 Å². The van der Waals surface area contributed by atoms with E-state index in [1.165, 1.54) is 21.9 Å². The summed E-state index contributed by atoms with van der Waals surface area (Å²) in [5.74, 6) is 0. The second kappa shape index (κ2) is 4.70. The monoisotopic (exact) mass is 291 g/mol. The zero-order valence-corrected chi connectivity index (χ0v) is 12.2. The van der Waals surface area contributed by atoms with Gasteiger partial charge < -0.3 is 14.5 Å². The molecule has 22 heavy (non-hydrogen) atoms. The average molecular weight is 291 g/mol. The van der Waals surface area contributed by atoms with Crippen LogP contribution in [0.2, 0.25) is 0 Å². The van der Waals surface area contributed by atoms with E-state index >= 15 is 0 Å². The Labute approximate surface area is 128 Å². The minimum atomic E-state index is 0.347. The van der Waals surface area contributed by atoms with Gasteiger partial charge in [0.15, 0.2) is 0 Å². The molecule has 5 rings (SSSR count). The molecule has 2 aromatic carbocycles. The Hall–Kier alpha value is -2.10. The molecule has 1 aromatic heterocycles. The van der Waals surface area contributed by atoms with Gasteiger partial charge in [-0.1, -0.05) is 30.3 Å². The summed E-state index contributed by atoms with van der Waals surface area (Å²) in [6.45, 7) is 1.58. The second-order valence-electron chi connectivity index (χ2n) is 6.21. The first-order valence-corrected chi connectivity index (χ1v) is 7.83. The number of para-hydroxylation sites is 1. The van der Waals surface area contributed by atoms with Gasteiger partial charge in [-0.05, 0) is 35.8 Å².